The molecule has 2 N–H and O–H groups in total. The lowest BCUT2D eigenvalue weighted by Crippen LogP contribution is -2.31. The van der Waals surface area contributed by atoms with Gasteiger partial charge in [0.15, 0.2) is 0 Å². The average molecular weight is 277 g/mol. The van der Waals surface area contributed by atoms with Crippen molar-refractivity contribution in [2.75, 3.05) is 5.32 Å². The monoisotopic (exact) mass is 277 g/mol. The summed E-state index contributed by atoms with van der Waals surface area (Å²) in [6, 6.07) is 5.97. The second-order valence-electron chi connectivity index (χ2n) is 5.00. The van der Waals surface area contributed by atoms with E-state index in [1.54, 1.807) is 26.0 Å². The van der Waals surface area contributed by atoms with Crippen LogP contribution in [0.4, 0.5) is 11.4 Å². The third kappa shape index (κ3) is 4.24. The molecule has 0 atom stereocenters. The van der Waals surface area contributed by atoms with Crippen molar-refractivity contribution in [3.05, 3.63) is 33.9 Å². The van der Waals surface area contributed by atoms with Gasteiger partial charge in [0.1, 0.15) is 11.6 Å². The van der Waals surface area contributed by atoms with Crippen LogP contribution in [-0.4, -0.2) is 21.5 Å². The Balaban J connectivity index is 2.93. The van der Waals surface area contributed by atoms with Gasteiger partial charge in [0.25, 0.3) is 5.69 Å². The molecular weight excluding hydrogens is 262 g/mol. The number of carboxylic acids is 1. The molecule has 0 radical (unpaired) electrons. The molecule has 0 saturated carbocycles. The number of hydrogen-bond acceptors (Lipinski definition) is 5. The van der Waals surface area contributed by atoms with E-state index in [4.69, 9.17) is 10.4 Å². The fraction of sp³-hybridized carbons (Fsp3) is 0.385. The first-order valence-corrected chi connectivity index (χ1v) is 5.94. The van der Waals surface area contributed by atoms with Gasteiger partial charge in [-0.05, 0) is 32.4 Å². The number of nitriles is 1. The van der Waals surface area contributed by atoms with E-state index in [1.807, 2.05) is 0 Å². The zero-order valence-corrected chi connectivity index (χ0v) is 11.2. The Hall–Kier alpha value is -2.62. The summed E-state index contributed by atoms with van der Waals surface area (Å²) in [5.41, 5.74) is -0.332. The number of carbonyl (C=O) groups is 1. The molecule has 0 aliphatic carbocycles. The highest BCUT2D eigenvalue weighted by Crippen LogP contribution is 2.26. The minimum absolute atomic E-state index is 0.00161. The summed E-state index contributed by atoms with van der Waals surface area (Å²) in [6.45, 7) is 3.61. The zero-order chi connectivity index (χ0) is 15.3. The maximum atomic E-state index is 10.9. The third-order valence-corrected chi connectivity index (χ3v) is 2.76. The number of nitro groups is 1. The predicted octanol–water partition coefficient (Wildman–Crippen LogP) is 2.52. The summed E-state index contributed by atoms with van der Waals surface area (Å²) in [4.78, 5) is 20.8. The normalized spacial score (nSPS) is 10.7. The highest BCUT2D eigenvalue weighted by molar-refractivity contribution is 5.67. The van der Waals surface area contributed by atoms with Gasteiger partial charge in [-0.1, -0.05) is 0 Å². The van der Waals surface area contributed by atoms with Crippen LogP contribution in [0.15, 0.2) is 18.2 Å². The number of aliphatic carboxylic acids is 1. The van der Waals surface area contributed by atoms with Gasteiger partial charge in [-0.25, -0.2) is 0 Å². The number of nitrogens with one attached hydrogen (secondary N) is 1. The predicted molar refractivity (Wildman–Crippen MR) is 72.4 cm³/mol. The van der Waals surface area contributed by atoms with E-state index in [1.165, 1.54) is 12.1 Å². The lowest BCUT2D eigenvalue weighted by molar-refractivity contribution is -0.385. The number of nitro benzene ring substituents is 1. The molecule has 1 aromatic rings. The van der Waals surface area contributed by atoms with Crippen molar-refractivity contribution >= 4 is 17.3 Å². The van der Waals surface area contributed by atoms with Crippen molar-refractivity contribution in [3.63, 3.8) is 0 Å². The number of hydrogen-bond donors (Lipinski definition) is 2. The summed E-state index contributed by atoms with van der Waals surface area (Å²) < 4.78 is 0. The van der Waals surface area contributed by atoms with Crippen LogP contribution in [0.2, 0.25) is 0 Å². The van der Waals surface area contributed by atoms with E-state index in [0.717, 1.165) is 0 Å². The molecule has 0 unspecified atom stereocenters. The van der Waals surface area contributed by atoms with Gasteiger partial charge in [0.05, 0.1) is 4.92 Å². The van der Waals surface area contributed by atoms with Crippen molar-refractivity contribution in [1.29, 1.82) is 5.26 Å². The van der Waals surface area contributed by atoms with Crippen molar-refractivity contribution in [2.24, 2.45) is 0 Å². The minimum Gasteiger partial charge on any atom is -0.481 e. The lowest BCUT2D eigenvalue weighted by Gasteiger charge is -2.27. The van der Waals surface area contributed by atoms with Gasteiger partial charge >= 0.3 is 5.97 Å². The van der Waals surface area contributed by atoms with Crippen molar-refractivity contribution in [1.82, 2.24) is 0 Å². The minimum atomic E-state index is -0.898. The SMILES string of the molecule is CC(C)(CCC(=O)O)Nc1ccc(C#N)c([N+](=O)[O-])c1. The summed E-state index contributed by atoms with van der Waals surface area (Å²) in [5, 5.41) is 31.4. The van der Waals surface area contributed by atoms with Gasteiger partial charge < -0.3 is 10.4 Å². The molecule has 0 spiro atoms. The number of nitrogens with zero attached hydrogens (tertiary/aromatic N) is 2. The van der Waals surface area contributed by atoms with Crippen LogP contribution in [0.25, 0.3) is 0 Å². The average Bonchev–Trinajstić information content (AvgIpc) is 2.36. The molecule has 0 aromatic heterocycles. The first kappa shape index (κ1) is 15.4. The Morgan fingerprint density at radius 1 is 1.55 bits per heavy atom. The van der Waals surface area contributed by atoms with Crippen LogP contribution in [0.1, 0.15) is 32.3 Å². The molecule has 0 amide bonds. The largest absolute Gasteiger partial charge is 0.481 e. The molecule has 20 heavy (non-hydrogen) atoms. The highest BCUT2D eigenvalue weighted by atomic mass is 16.6. The van der Waals surface area contributed by atoms with Crippen LogP contribution in [0.3, 0.4) is 0 Å². The smallest absolute Gasteiger partial charge is 0.303 e. The number of carboxylic acid groups (broad SMARTS) is 1. The molecule has 106 valence electrons. The highest BCUT2D eigenvalue weighted by Gasteiger charge is 2.21. The molecular formula is C13H15N3O4. The Morgan fingerprint density at radius 3 is 2.70 bits per heavy atom. The summed E-state index contributed by atoms with van der Waals surface area (Å²) in [6.07, 6.45) is 0.370. The van der Waals surface area contributed by atoms with Gasteiger partial charge in [-0.15, -0.1) is 0 Å². The summed E-state index contributed by atoms with van der Waals surface area (Å²) in [7, 11) is 0. The molecule has 7 heteroatoms. The zero-order valence-electron chi connectivity index (χ0n) is 11.2. The molecule has 0 bridgehead atoms. The van der Waals surface area contributed by atoms with E-state index in [2.05, 4.69) is 5.32 Å². The number of rotatable bonds is 6. The topological polar surface area (TPSA) is 116 Å². The first-order chi connectivity index (χ1) is 9.25. The van der Waals surface area contributed by atoms with E-state index < -0.39 is 16.4 Å². The molecule has 0 aliphatic heterocycles. The van der Waals surface area contributed by atoms with E-state index in [-0.39, 0.29) is 17.7 Å². The fourth-order valence-corrected chi connectivity index (χ4v) is 1.73. The Labute approximate surface area is 116 Å². The standard InChI is InChI=1S/C13H15N3O4/c1-13(2,6-5-12(17)18)15-10-4-3-9(8-14)11(7-10)16(19)20/h3-4,7,15H,5-6H2,1-2H3,(H,17,18). The molecule has 1 rings (SSSR count). The second kappa shape index (κ2) is 6.02. The van der Waals surface area contributed by atoms with E-state index >= 15 is 0 Å². The van der Waals surface area contributed by atoms with Crippen LogP contribution in [-0.2, 0) is 4.79 Å². The van der Waals surface area contributed by atoms with Crippen LogP contribution in [0, 0.1) is 21.4 Å². The Morgan fingerprint density at radius 2 is 2.20 bits per heavy atom. The molecule has 0 fully saturated rings. The lowest BCUT2D eigenvalue weighted by atomic mass is 9.97. The number of benzene rings is 1. The van der Waals surface area contributed by atoms with Crippen LogP contribution < -0.4 is 5.32 Å². The van der Waals surface area contributed by atoms with Crippen LogP contribution in [0.5, 0.6) is 0 Å². The van der Waals surface area contributed by atoms with Gasteiger partial charge in [-0.2, -0.15) is 5.26 Å². The van der Waals surface area contributed by atoms with Gasteiger partial charge in [0.2, 0.25) is 0 Å². The van der Waals surface area contributed by atoms with Gasteiger partial charge in [0, 0.05) is 23.7 Å². The molecule has 0 saturated heterocycles. The van der Waals surface area contributed by atoms with Crippen molar-refractivity contribution in [3.8, 4) is 6.07 Å². The summed E-state index contributed by atoms with van der Waals surface area (Å²) >= 11 is 0. The summed E-state index contributed by atoms with van der Waals surface area (Å²) in [5.74, 6) is -0.898. The van der Waals surface area contributed by atoms with E-state index in [9.17, 15) is 14.9 Å². The third-order valence-electron chi connectivity index (χ3n) is 2.76. The first-order valence-electron chi connectivity index (χ1n) is 5.94. The molecule has 1 aromatic carbocycles. The molecule has 0 aliphatic rings. The van der Waals surface area contributed by atoms with E-state index in [0.29, 0.717) is 12.1 Å². The fourth-order valence-electron chi connectivity index (χ4n) is 1.73. The Kier molecular flexibility index (Phi) is 4.64. The number of anilines is 1. The van der Waals surface area contributed by atoms with Crippen LogP contribution >= 0.6 is 0 Å². The molecule has 0 heterocycles. The van der Waals surface area contributed by atoms with Crippen molar-refractivity contribution < 1.29 is 14.8 Å². The maximum absolute atomic E-state index is 10.9. The Bertz CT molecular complexity index is 575. The quantitative estimate of drug-likeness (QED) is 0.609. The van der Waals surface area contributed by atoms with Crippen molar-refractivity contribution in [2.45, 2.75) is 32.2 Å². The molecule has 7 nitrogen and oxygen atoms in total. The maximum Gasteiger partial charge on any atom is 0.303 e. The second-order valence-corrected chi connectivity index (χ2v) is 5.00. The van der Waals surface area contributed by atoms with Gasteiger partial charge in [-0.3, -0.25) is 14.9 Å².